The molecule has 78 valence electrons. The van der Waals surface area contributed by atoms with Crippen molar-refractivity contribution in [2.75, 3.05) is 19.7 Å². The summed E-state index contributed by atoms with van der Waals surface area (Å²) in [4.78, 5) is 2.21. The predicted octanol–water partition coefficient (Wildman–Crippen LogP) is 1.93. The molecule has 0 spiro atoms. The molecule has 0 N–H and O–H groups in total. The third-order valence-electron chi connectivity index (χ3n) is 2.58. The molecular formula is C12H14N2O. The summed E-state index contributed by atoms with van der Waals surface area (Å²) in [6, 6.07) is 12.3. The highest BCUT2D eigenvalue weighted by atomic mass is 16.5. The normalized spacial score (nSPS) is 21.4. The van der Waals surface area contributed by atoms with Crippen LogP contribution >= 0.6 is 0 Å². The summed E-state index contributed by atoms with van der Waals surface area (Å²) >= 11 is 0. The molecule has 0 bridgehead atoms. The Kier molecular flexibility index (Phi) is 3.33. The SMILES string of the molecule is N#CCCN1CCOC1c1ccccc1. The molecule has 0 aromatic heterocycles. The zero-order valence-corrected chi connectivity index (χ0v) is 8.60. The van der Waals surface area contributed by atoms with Gasteiger partial charge in [-0.25, -0.2) is 0 Å². The zero-order valence-electron chi connectivity index (χ0n) is 8.60. The van der Waals surface area contributed by atoms with E-state index < -0.39 is 0 Å². The number of benzene rings is 1. The van der Waals surface area contributed by atoms with Crippen LogP contribution in [0.2, 0.25) is 0 Å². The lowest BCUT2D eigenvalue weighted by Crippen LogP contribution is -2.24. The first-order chi connectivity index (χ1) is 7.42. The van der Waals surface area contributed by atoms with Gasteiger partial charge in [-0.3, -0.25) is 4.90 Å². The van der Waals surface area contributed by atoms with E-state index in [-0.39, 0.29) is 6.23 Å². The maximum atomic E-state index is 8.57. The van der Waals surface area contributed by atoms with Crippen molar-refractivity contribution in [3.8, 4) is 6.07 Å². The van der Waals surface area contributed by atoms with Crippen LogP contribution in [0, 0.1) is 11.3 Å². The van der Waals surface area contributed by atoms with Crippen LogP contribution in [0.1, 0.15) is 18.2 Å². The van der Waals surface area contributed by atoms with Crippen molar-refractivity contribution >= 4 is 0 Å². The molecule has 15 heavy (non-hydrogen) atoms. The van der Waals surface area contributed by atoms with E-state index in [0.29, 0.717) is 6.42 Å². The minimum Gasteiger partial charge on any atom is -0.358 e. The van der Waals surface area contributed by atoms with E-state index in [1.165, 1.54) is 5.56 Å². The second-order valence-corrected chi connectivity index (χ2v) is 3.58. The smallest absolute Gasteiger partial charge is 0.136 e. The van der Waals surface area contributed by atoms with E-state index in [1.54, 1.807) is 0 Å². The van der Waals surface area contributed by atoms with Gasteiger partial charge in [0.05, 0.1) is 12.7 Å². The Bertz CT molecular complexity index is 344. The van der Waals surface area contributed by atoms with Crippen LogP contribution in [0.15, 0.2) is 30.3 Å². The van der Waals surface area contributed by atoms with Gasteiger partial charge in [-0.05, 0) is 5.56 Å². The molecule has 0 saturated carbocycles. The van der Waals surface area contributed by atoms with Crippen LogP contribution in [0.5, 0.6) is 0 Å². The van der Waals surface area contributed by atoms with Gasteiger partial charge >= 0.3 is 0 Å². The van der Waals surface area contributed by atoms with Gasteiger partial charge in [0.15, 0.2) is 0 Å². The van der Waals surface area contributed by atoms with Gasteiger partial charge in [0.2, 0.25) is 0 Å². The first-order valence-electron chi connectivity index (χ1n) is 5.19. The van der Waals surface area contributed by atoms with E-state index in [4.69, 9.17) is 10.00 Å². The molecule has 3 nitrogen and oxygen atoms in total. The molecule has 0 radical (unpaired) electrons. The maximum Gasteiger partial charge on any atom is 0.136 e. The molecule has 2 rings (SSSR count). The molecule has 1 unspecified atom stereocenters. The third kappa shape index (κ3) is 2.35. The molecule has 0 aliphatic carbocycles. The first kappa shape index (κ1) is 10.2. The van der Waals surface area contributed by atoms with Gasteiger partial charge in [0, 0.05) is 19.5 Å². The fraction of sp³-hybridized carbons (Fsp3) is 0.417. The van der Waals surface area contributed by atoms with Gasteiger partial charge in [-0.15, -0.1) is 0 Å². The number of ether oxygens (including phenoxy) is 1. The van der Waals surface area contributed by atoms with Crippen molar-refractivity contribution in [3.05, 3.63) is 35.9 Å². The summed E-state index contributed by atoms with van der Waals surface area (Å²) in [5.74, 6) is 0. The molecule has 1 aromatic carbocycles. The summed E-state index contributed by atoms with van der Waals surface area (Å²) in [6.07, 6.45) is 0.603. The number of hydrogen-bond donors (Lipinski definition) is 0. The number of nitrogens with zero attached hydrogens (tertiary/aromatic N) is 2. The molecule has 1 fully saturated rings. The lowest BCUT2D eigenvalue weighted by Gasteiger charge is -2.21. The minimum absolute atomic E-state index is 0.0412. The van der Waals surface area contributed by atoms with Crippen LogP contribution in [-0.4, -0.2) is 24.6 Å². The molecule has 1 aromatic rings. The van der Waals surface area contributed by atoms with Gasteiger partial charge in [-0.2, -0.15) is 5.26 Å². The molecular weight excluding hydrogens is 188 g/mol. The monoisotopic (exact) mass is 202 g/mol. The molecule has 1 atom stereocenters. The maximum absolute atomic E-state index is 8.57. The van der Waals surface area contributed by atoms with Crippen molar-refractivity contribution in [3.63, 3.8) is 0 Å². The van der Waals surface area contributed by atoms with Crippen LogP contribution in [0.25, 0.3) is 0 Å². The minimum atomic E-state index is 0.0412. The van der Waals surface area contributed by atoms with Crippen molar-refractivity contribution in [1.82, 2.24) is 4.90 Å². The van der Waals surface area contributed by atoms with Crippen LogP contribution in [-0.2, 0) is 4.74 Å². The van der Waals surface area contributed by atoms with E-state index in [2.05, 4.69) is 23.1 Å². The Hall–Kier alpha value is -1.37. The van der Waals surface area contributed by atoms with Gasteiger partial charge in [0.1, 0.15) is 6.23 Å². The van der Waals surface area contributed by atoms with Crippen LogP contribution < -0.4 is 0 Å². The number of rotatable bonds is 3. The fourth-order valence-corrected chi connectivity index (χ4v) is 1.85. The van der Waals surface area contributed by atoms with Gasteiger partial charge in [0.25, 0.3) is 0 Å². The first-order valence-corrected chi connectivity index (χ1v) is 5.19. The lowest BCUT2D eigenvalue weighted by atomic mass is 10.2. The zero-order chi connectivity index (χ0) is 10.5. The van der Waals surface area contributed by atoms with Crippen LogP contribution in [0.3, 0.4) is 0 Å². The molecule has 1 saturated heterocycles. The topological polar surface area (TPSA) is 36.3 Å². The van der Waals surface area contributed by atoms with E-state index in [1.807, 2.05) is 18.2 Å². The van der Waals surface area contributed by atoms with E-state index in [0.717, 1.165) is 19.7 Å². The highest BCUT2D eigenvalue weighted by Gasteiger charge is 2.25. The average Bonchev–Trinajstić information content (AvgIpc) is 2.75. The summed E-state index contributed by atoms with van der Waals surface area (Å²) < 4.78 is 5.67. The van der Waals surface area contributed by atoms with Gasteiger partial charge < -0.3 is 4.74 Å². The molecule has 1 aliphatic heterocycles. The predicted molar refractivity (Wildman–Crippen MR) is 56.9 cm³/mol. The second kappa shape index (κ2) is 4.92. The Morgan fingerprint density at radius 2 is 2.20 bits per heavy atom. The summed E-state index contributed by atoms with van der Waals surface area (Å²) in [5.41, 5.74) is 1.17. The number of nitriles is 1. The molecule has 0 amide bonds. The standard InChI is InChI=1S/C12H14N2O/c13-7-4-8-14-9-10-15-12(14)11-5-2-1-3-6-11/h1-3,5-6,12H,4,8-10H2. The third-order valence-corrected chi connectivity index (χ3v) is 2.58. The van der Waals surface area contributed by atoms with Crippen molar-refractivity contribution in [2.45, 2.75) is 12.6 Å². The highest BCUT2D eigenvalue weighted by Crippen LogP contribution is 2.26. The fourth-order valence-electron chi connectivity index (χ4n) is 1.85. The Labute approximate surface area is 89.9 Å². The lowest BCUT2D eigenvalue weighted by molar-refractivity contribution is 0.0337. The van der Waals surface area contributed by atoms with Crippen LogP contribution in [0.4, 0.5) is 0 Å². The van der Waals surface area contributed by atoms with Crippen molar-refractivity contribution in [1.29, 1.82) is 5.26 Å². The van der Waals surface area contributed by atoms with Crippen molar-refractivity contribution in [2.24, 2.45) is 0 Å². The molecule has 1 aliphatic rings. The average molecular weight is 202 g/mol. The Morgan fingerprint density at radius 3 is 2.93 bits per heavy atom. The Morgan fingerprint density at radius 1 is 1.40 bits per heavy atom. The van der Waals surface area contributed by atoms with Crippen molar-refractivity contribution < 1.29 is 4.74 Å². The van der Waals surface area contributed by atoms with E-state index in [9.17, 15) is 0 Å². The number of hydrogen-bond acceptors (Lipinski definition) is 3. The summed E-state index contributed by atoms with van der Waals surface area (Å²) in [7, 11) is 0. The molecule has 1 heterocycles. The van der Waals surface area contributed by atoms with Gasteiger partial charge in [-0.1, -0.05) is 30.3 Å². The quantitative estimate of drug-likeness (QED) is 0.751. The molecule has 3 heteroatoms. The summed E-state index contributed by atoms with van der Waals surface area (Å²) in [5, 5.41) is 8.57. The summed E-state index contributed by atoms with van der Waals surface area (Å²) in [6.45, 7) is 2.46. The van der Waals surface area contributed by atoms with E-state index >= 15 is 0 Å². The highest BCUT2D eigenvalue weighted by molar-refractivity contribution is 5.17. The Balaban J connectivity index is 2.05. The largest absolute Gasteiger partial charge is 0.358 e. The second-order valence-electron chi connectivity index (χ2n) is 3.58.